The zero-order valence-corrected chi connectivity index (χ0v) is 12.8. The highest BCUT2D eigenvalue weighted by atomic mass is 16.5. The summed E-state index contributed by atoms with van der Waals surface area (Å²) in [6, 6.07) is 19.7. The summed E-state index contributed by atoms with van der Waals surface area (Å²) in [5.41, 5.74) is 4.05. The maximum absolute atomic E-state index is 9.60. The van der Waals surface area contributed by atoms with Gasteiger partial charge in [-0.05, 0) is 12.1 Å². The van der Waals surface area contributed by atoms with Crippen molar-refractivity contribution in [3.05, 3.63) is 78.9 Å². The van der Waals surface area contributed by atoms with Gasteiger partial charge in [0, 0.05) is 17.4 Å². The second kappa shape index (κ2) is 6.14. The largest absolute Gasteiger partial charge is 0.388 e. The number of aliphatic hydroxyl groups excluding tert-OH is 1. The first-order valence-electron chi connectivity index (χ1n) is 7.61. The monoisotopic (exact) mass is 317 g/mol. The van der Waals surface area contributed by atoms with E-state index < -0.39 is 0 Å². The number of aromatic nitrogens is 3. The van der Waals surface area contributed by atoms with Crippen molar-refractivity contribution in [1.29, 1.82) is 0 Å². The van der Waals surface area contributed by atoms with Gasteiger partial charge < -0.3 is 14.2 Å². The Morgan fingerprint density at radius 2 is 1.67 bits per heavy atom. The molecule has 4 aromatic rings. The second-order valence-electron chi connectivity index (χ2n) is 5.36. The van der Waals surface area contributed by atoms with Gasteiger partial charge >= 0.3 is 0 Å². The molecule has 2 heterocycles. The zero-order valence-electron chi connectivity index (χ0n) is 12.8. The molecule has 0 amide bonds. The maximum atomic E-state index is 9.60. The molecule has 0 aliphatic rings. The Kier molecular flexibility index (Phi) is 3.69. The lowest BCUT2D eigenvalue weighted by Gasteiger charge is -2.01. The van der Waals surface area contributed by atoms with Gasteiger partial charge in [0.05, 0.1) is 17.6 Å². The van der Waals surface area contributed by atoms with Gasteiger partial charge in [-0.15, -0.1) is 0 Å². The summed E-state index contributed by atoms with van der Waals surface area (Å²) in [7, 11) is 0. The van der Waals surface area contributed by atoms with Gasteiger partial charge in [0.25, 0.3) is 0 Å². The quantitative estimate of drug-likeness (QED) is 0.623. The highest BCUT2D eigenvalue weighted by molar-refractivity contribution is 5.80. The highest BCUT2D eigenvalue weighted by Gasteiger charge is 2.20. The van der Waals surface area contributed by atoms with Gasteiger partial charge in [-0.2, -0.15) is 0 Å². The van der Waals surface area contributed by atoms with Crippen LogP contribution in [0.5, 0.6) is 0 Å². The summed E-state index contributed by atoms with van der Waals surface area (Å²) >= 11 is 0. The fraction of sp³-hybridized carbons (Fsp3) is 0.0526. The van der Waals surface area contributed by atoms with Gasteiger partial charge in [-0.1, -0.05) is 53.7 Å². The Morgan fingerprint density at radius 1 is 0.958 bits per heavy atom. The molecule has 118 valence electrons. The van der Waals surface area contributed by atoms with Crippen LogP contribution in [0.25, 0.3) is 28.2 Å². The van der Waals surface area contributed by atoms with Crippen LogP contribution in [0.15, 0.2) is 77.7 Å². The van der Waals surface area contributed by atoms with E-state index in [2.05, 4.69) is 10.1 Å². The lowest BCUT2D eigenvalue weighted by Crippen LogP contribution is -1.89. The summed E-state index contributed by atoms with van der Waals surface area (Å²) in [5, 5.41) is 13.7. The minimum atomic E-state index is -0.229. The van der Waals surface area contributed by atoms with E-state index in [-0.39, 0.29) is 6.61 Å². The van der Waals surface area contributed by atoms with Crippen LogP contribution < -0.4 is 0 Å². The van der Waals surface area contributed by atoms with Crippen LogP contribution in [0.2, 0.25) is 0 Å². The highest BCUT2D eigenvalue weighted by Crippen LogP contribution is 2.33. The molecular formula is C19H15N3O2. The fourth-order valence-electron chi connectivity index (χ4n) is 2.68. The van der Waals surface area contributed by atoms with Crippen LogP contribution in [0.4, 0.5) is 0 Å². The van der Waals surface area contributed by atoms with E-state index in [1.807, 2.05) is 71.4 Å². The lowest BCUT2D eigenvalue weighted by atomic mass is 10.0. The summed E-state index contributed by atoms with van der Waals surface area (Å²) in [6.07, 6.45) is 3.65. The zero-order chi connectivity index (χ0) is 16.4. The predicted molar refractivity (Wildman–Crippen MR) is 90.4 cm³/mol. The van der Waals surface area contributed by atoms with E-state index in [1.54, 1.807) is 6.33 Å². The maximum Gasteiger partial charge on any atom is 0.172 e. The first-order chi connectivity index (χ1) is 11.9. The van der Waals surface area contributed by atoms with Crippen LogP contribution >= 0.6 is 0 Å². The standard InChI is InChI=1S/C19H15N3O2/c23-12-17-18(19(21-24-17)14-7-3-1-4-8-14)16-11-22(13-20-16)15-9-5-2-6-10-15/h1-11,13,23H,12H2. The van der Waals surface area contributed by atoms with Crippen molar-refractivity contribution in [2.24, 2.45) is 0 Å². The number of nitrogens with zero attached hydrogens (tertiary/aromatic N) is 3. The lowest BCUT2D eigenvalue weighted by molar-refractivity contribution is 0.230. The molecule has 5 nitrogen and oxygen atoms in total. The number of hydrogen-bond acceptors (Lipinski definition) is 4. The topological polar surface area (TPSA) is 64.1 Å². The molecule has 2 aromatic heterocycles. The van der Waals surface area contributed by atoms with E-state index in [9.17, 15) is 5.11 Å². The summed E-state index contributed by atoms with van der Waals surface area (Å²) in [5.74, 6) is 0.409. The SMILES string of the molecule is OCc1onc(-c2ccccc2)c1-c1cn(-c2ccccc2)cn1. The van der Waals surface area contributed by atoms with E-state index in [0.717, 1.165) is 16.8 Å². The fourth-order valence-corrected chi connectivity index (χ4v) is 2.68. The molecule has 0 unspecified atom stereocenters. The Hall–Kier alpha value is -3.18. The van der Waals surface area contributed by atoms with Crippen LogP contribution in [-0.2, 0) is 6.61 Å². The van der Waals surface area contributed by atoms with Gasteiger partial charge in [0.15, 0.2) is 5.76 Å². The number of benzene rings is 2. The van der Waals surface area contributed by atoms with Gasteiger partial charge in [0.2, 0.25) is 0 Å². The molecule has 0 bridgehead atoms. The van der Waals surface area contributed by atoms with Crippen molar-refractivity contribution in [3.8, 4) is 28.2 Å². The molecule has 0 spiro atoms. The van der Waals surface area contributed by atoms with Crippen LogP contribution in [0.3, 0.4) is 0 Å². The second-order valence-corrected chi connectivity index (χ2v) is 5.36. The molecule has 0 aliphatic heterocycles. The first kappa shape index (κ1) is 14.4. The van der Waals surface area contributed by atoms with Crippen molar-refractivity contribution in [2.45, 2.75) is 6.61 Å². The molecule has 4 rings (SSSR count). The molecule has 0 radical (unpaired) electrons. The van der Waals surface area contributed by atoms with Gasteiger partial charge in [-0.3, -0.25) is 0 Å². The van der Waals surface area contributed by atoms with E-state index >= 15 is 0 Å². The summed E-state index contributed by atoms with van der Waals surface area (Å²) < 4.78 is 7.25. The van der Waals surface area contributed by atoms with E-state index in [4.69, 9.17) is 4.52 Å². The number of rotatable bonds is 4. The van der Waals surface area contributed by atoms with Crippen molar-refractivity contribution in [2.75, 3.05) is 0 Å². The Morgan fingerprint density at radius 3 is 2.38 bits per heavy atom. The third kappa shape index (κ3) is 2.51. The Labute approximate surface area is 138 Å². The molecule has 1 N–H and O–H groups in total. The minimum Gasteiger partial charge on any atom is -0.388 e. The molecule has 0 saturated carbocycles. The van der Waals surface area contributed by atoms with Crippen molar-refractivity contribution < 1.29 is 9.63 Å². The van der Waals surface area contributed by atoms with Crippen molar-refractivity contribution in [3.63, 3.8) is 0 Å². The van der Waals surface area contributed by atoms with Gasteiger partial charge in [-0.25, -0.2) is 4.98 Å². The summed E-state index contributed by atoms with van der Waals surface area (Å²) in [4.78, 5) is 4.48. The number of hydrogen-bond donors (Lipinski definition) is 1. The third-order valence-electron chi connectivity index (χ3n) is 3.85. The van der Waals surface area contributed by atoms with Crippen LogP contribution in [0, 0.1) is 0 Å². The van der Waals surface area contributed by atoms with Crippen molar-refractivity contribution in [1.82, 2.24) is 14.7 Å². The molecule has 0 fully saturated rings. The average molecular weight is 317 g/mol. The molecule has 2 aromatic carbocycles. The Balaban J connectivity index is 1.82. The minimum absolute atomic E-state index is 0.229. The smallest absolute Gasteiger partial charge is 0.172 e. The van der Waals surface area contributed by atoms with Crippen LogP contribution in [-0.4, -0.2) is 19.8 Å². The molecule has 24 heavy (non-hydrogen) atoms. The normalized spacial score (nSPS) is 10.9. The van der Waals surface area contributed by atoms with E-state index in [1.165, 1.54) is 0 Å². The number of aliphatic hydroxyl groups is 1. The first-order valence-corrected chi connectivity index (χ1v) is 7.61. The number of imidazole rings is 1. The predicted octanol–water partition coefficient (Wildman–Crippen LogP) is 3.69. The summed E-state index contributed by atoms with van der Waals surface area (Å²) in [6.45, 7) is -0.229. The number of para-hydroxylation sites is 1. The van der Waals surface area contributed by atoms with Crippen molar-refractivity contribution >= 4 is 0 Å². The van der Waals surface area contributed by atoms with Gasteiger partial charge in [0.1, 0.15) is 12.3 Å². The average Bonchev–Trinajstić information content (AvgIpc) is 3.29. The molecule has 0 atom stereocenters. The molecule has 0 saturated heterocycles. The van der Waals surface area contributed by atoms with E-state index in [0.29, 0.717) is 17.1 Å². The molecule has 0 aliphatic carbocycles. The van der Waals surface area contributed by atoms with Crippen LogP contribution in [0.1, 0.15) is 5.76 Å². The molecular weight excluding hydrogens is 302 g/mol. The molecule has 5 heteroatoms. The Bertz CT molecular complexity index is 943. The third-order valence-corrected chi connectivity index (χ3v) is 3.85.